The number of nitrogens with two attached hydrogens (primary N) is 2. The van der Waals surface area contributed by atoms with E-state index >= 15 is 0 Å². The van der Waals surface area contributed by atoms with Crippen molar-refractivity contribution in [3.05, 3.63) is 48.6 Å². The Morgan fingerprint density at radius 2 is 1.87 bits per heavy atom. The number of aromatic nitrogens is 3. The normalized spacial score (nSPS) is 11.1. The Bertz CT molecular complexity index is 1070. The standard InChI is InChI=1S/C16H11N5O2/c17-14-9(16(18)22)6-11-15(20-4-3-19-11)13(14)8-1-2-10-12(5-8)23-7-21-10/h1-7H,17H2,(H2,18,22). The zero-order valence-electron chi connectivity index (χ0n) is 11.9. The molecule has 0 fully saturated rings. The molecule has 2 aromatic heterocycles. The average Bonchev–Trinajstić information content (AvgIpc) is 3.01. The number of carbonyl (C=O) groups is 1. The first-order chi connectivity index (χ1) is 11.1. The fraction of sp³-hybridized carbons (Fsp3) is 0. The molecular weight excluding hydrogens is 294 g/mol. The van der Waals surface area contributed by atoms with E-state index < -0.39 is 5.91 Å². The molecule has 0 spiro atoms. The molecule has 1 amide bonds. The van der Waals surface area contributed by atoms with E-state index in [9.17, 15) is 4.79 Å². The molecule has 0 aliphatic heterocycles. The number of oxazole rings is 1. The van der Waals surface area contributed by atoms with E-state index in [0.29, 0.717) is 22.2 Å². The summed E-state index contributed by atoms with van der Waals surface area (Å²) in [6.07, 6.45) is 4.49. The number of hydrogen-bond acceptors (Lipinski definition) is 6. The summed E-state index contributed by atoms with van der Waals surface area (Å²) in [4.78, 5) is 24.4. The number of hydrogen-bond donors (Lipinski definition) is 2. The van der Waals surface area contributed by atoms with E-state index in [-0.39, 0.29) is 11.3 Å². The van der Waals surface area contributed by atoms with Gasteiger partial charge >= 0.3 is 0 Å². The molecule has 0 aliphatic rings. The zero-order valence-corrected chi connectivity index (χ0v) is 11.9. The van der Waals surface area contributed by atoms with Gasteiger partial charge in [-0.2, -0.15) is 0 Å². The van der Waals surface area contributed by atoms with E-state index in [2.05, 4.69) is 15.0 Å². The minimum atomic E-state index is -0.614. The van der Waals surface area contributed by atoms with Crippen LogP contribution >= 0.6 is 0 Å². The lowest BCUT2D eigenvalue weighted by atomic mass is 9.97. The molecule has 0 saturated heterocycles. The number of rotatable bonds is 2. The number of fused-ring (bicyclic) bond motifs is 2. The Morgan fingerprint density at radius 3 is 2.70 bits per heavy atom. The summed E-state index contributed by atoms with van der Waals surface area (Å²) in [5.41, 5.74) is 15.9. The lowest BCUT2D eigenvalue weighted by Crippen LogP contribution is -2.14. The minimum absolute atomic E-state index is 0.214. The van der Waals surface area contributed by atoms with Crippen molar-refractivity contribution in [1.29, 1.82) is 0 Å². The molecule has 0 unspecified atom stereocenters. The van der Waals surface area contributed by atoms with E-state index in [1.807, 2.05) is 12.1 Å². The molecule has 4 N–H and O–H groups in total. The van der Waals surface area contributed by atoms with Crippen LogP contribution in [0.1, 0.15) is 10.4 Å². The molecule has 4 aromatic rings. The average molecular weight is 305 g/mol. The highest BCUT2D eigenvalue weighted by Crippen LogP contribution is 2.35. The van der Waals surface area contributed by atoms with Crippen LogP contribution in [0.2, 0.25) is 0 Å². The Labute approximate surface area is 130 Å². The summed E-state index contributed by atoms with van der Waals surface area (Å²) in [5, 5.41) is 0. The van der Waals surface area contributed by atoms with Gasteiger partial charge in [0.25, 0.3) is 5.91 Å². The van der Waals surface area contributed by atoms with Gasteiger partial charge in [-0.15, -0.1) is 0 Å². The minimum Gasteiger partial charge on any atom is -0.443 e. The van der Waals surface area contributed by atoms with Gasteiger partial charge < -0.3 is 15.9 Å². The monoisotopic (exact) mass is 305 g/mol. The maximum Gasteiger partial charge on any atom is 0.250 e. The highest BCUT2D eigenvalue weighted by molar-refractivity contribution is 6.09. The molecule has 23 heavy (non-hydrogen) atoms. The van der Waals surface area contributed by atoms with Gasteiger partial charge in [-0.1, -0.05) is 6.07 Å². The van der Waals surface area contributed by atoms with Crippen LogP contribution in [-0.2, 0) is 0 Å². The highest BCUT2D eigenvalue weighted by Gasteiger charge is 2.18. The lowest BCUT2D eigenvalue weighted by Gasteiger charge is -2.12. The summed E-state index contributed by atoms with van der Waals surface area (Å²) in [5.74, 6) is -0.614. The van der Waals surface area contributed by atoms with Gasteiger partial charge in [-0.25, -0.2) is 4.98 Å². The van der Waals surface area contributed by atoms with Crippen LogP contribution in [-0.4, -0.2) is 20.9 Å². The predicted octanol–water partition coefficient (Wildman–Crippen LogP) is 2.12. The van der Waals surface area contributed by atoms with Gasteiger partial charge in [0.2, 0.25) is 0 Å². The molecule has 4 rings (SSSR count). The molecule has 0 radical (unpaired) electrons. The van der Waals surface area contributed by atoms with Gasteiger partial charge in [0, 0.05) is 18.0 Å². The van der Waals surface area contributed by atoms with Gasteiger partial charge in [-0.05, 0) is 23.8 Å². The highest BCUT2D eigenvalue weighted by atomic mass is 16.3. The third kappa shape index (κ3) is 1.98. The van der Waals surface area contributed by atoms with Gasteiger partial charge in [-0.3, -0.25) is 14.8 Å². The number of amides is 1. The zero-order chi connectivity index (χ0) is 16.0. The van der Waals surface area contributed by atoms with Crippen molar-refractivity contribution in [1.82, 2.24) is 15.0 Å². The number of carbonyl (C=O) groups excluding carboxylic acids is 1. The molecule has 0 bridgehead atoms. The Hall–Kier alpha value is -3.48. The Morgan fingerprint density at radius 1 is 1.04 bits per heavy atom. The smallest absolute Gasteiger partial charge is 0.250 e. The second-order valence-electron chi connectivity index (χ2n) is 5.04. The number of benzene rings is 2. The first-order valence-corrected chi connectivity index (χ1v) is 6.82. The fourth-order valence-electron chi connectivity index (χ4n) is 2.63. The Kier molecular flexibility index (Phi) is 2.74. The third-order valence-corrected chi connectivity index (χ3v) is 3.69. The van der Waals surface area contributed by atoms with Crippen molar-refractivity contribution in [3.63, 3.8) is 0 Å². The maximum atomic E-state index is 11.7. The molecule has 7 nitrogen and oxygen atoms in total. The van der Waals surface area contributed by atoms with Crippen LogP contribution < -0.4 is 11.5 Å². The summed E-state index contributed by atoms with van der Waals surface area (Å²) >= 11 is 0. The molecule has 0 atom stereocenters. The van der Waals surface area contributed by atoms with Crippen LogP contribution in [0.15, 0.2) is 47.5 Å². The van der Waals surface area contributed by atoms with Crippen LogP contribution in [0.4, 0.5) is 5.69 Å². The molecule has 0 saturated carbocycles. The molecule has 2 heterocycles. The molecular formula is C16H11N5O2. The second kappa shape index (κ2) is 4.77. The largest absolute Gasteiger partial charge is 0.443 e. The van der Waals surface area contributed by atoms with Gasteiger partial charge in [0.05, 0.1) is 22.3 Å². The van der Waals surface area contributed by atoms with Crippen LogP contribution in [0.5, 0.6) is 0 Å². The van der Waals surface area contributed by atoms with Crippen molar-refractivity contribution in [2.75, 3.05) is 5.73 Å². The van der Waals surface area contributed by atoms with Crippen molar-refractivity contribution >= 4 is 33.7 Å². The number of nitrogens with zero attached hydrogens (tertiary/aromatic N) is 3. The summed E-state index contributed by atoms with van der Waals surface area (Å²) in [7, 11) is 0. The fourth-order valence-corrected chi connectivity index (χ4v) is 2.63. The van der Waals surface area contributed by atoms with Crippen molar-refractivity contribution in [2.24, 2.45) is 5.73 Å². The van der Waals surface area contributed by atoms with E-state index in [0.717, 1.165) is 11.1 Å². The number of primary amides is 1. The SMILES string of the molecule is NC(=O)c1cc2nccnc2c(-c2ccc3ncoc3c2)c1N. The number of nitrogen functional groups attached to an aromatic ring is 1. The maximum absolute atomic E-state index is 11.7. The van der Waals surface area contributed by atoms with Crippen molar-refractivity contribution in [3.8, 4) is 11.1 Å². The summed E-state index contributed by atoms with van der Waals surface area (Å²) in [6, 6.07) is 7.01. The lowest BCUT2D eigenvalue weighted by molar-refractivity contribution is 0.100. The van der Waals surface area contributed by atoms with Crippen LogP contribution in [0, 0.1) is 0 Å². The number of anilines is 1. The van der Waals surface area contributed by atoms with E-state index in [4.69, 9.17) is 15.9 Å². The molecule has 7 heteroatoms. The topological polar surface area (TPSA) is 121 Å². The van der Waals surface area contributed by atoms with Crippen molar-refractivity contribution < 1.29 is 9.21 Å². The van der Waals surface area contributed by atoms with E-state index in [1.165, 1.54) is 6.39 Å². The molecule has 2 aromatic carbocycles. The quantitative estimate of drug-likeness (QED) is 0.547. The third-order valence-electron chi connectivity index (χ3n) is 3.69. The van der Waals surface area contributed by atoms with Gasteiger partial charge in [0.1, 0.15) is 5.52 Å². The first-order valence-electron chi connectivity index (χ1n) is 6.82. The molecule has 112 valence electrons. The Balaban J connectivity index is 2.11. The summed E-state index contributed by atoms with van der Waals surface area (Å²) in [6.45, 7) is 0. The van der Waals surface area contributed by atoms with Crippen molar-refractivity contribution in [2.45, 2.75) is 0 Å². The van der Waals surface area contributed by atoms with E-state index in [1.54, 1.807) is 24.5 Å². The van der Waals surface area contributed by atoms with Crippen LogP contribution in [0.3, 0.4) is 0 Å². The van der Waals surface area contributed by atoms with Gasteiger partial charge in [0.15, 0.2) is 12.0 Å². The van der Waals surface area contributed by atoms with Crippen LogP contribution in [0.25, 0.3) is 33.3 Å². The second-order valence-corrected chi connectivity index (χ2v) is 5.04. The first kappa shape index (κ1) is 13.2. The molecule has 0 aliphatic carbocycles. The predicted molar refractivity (Wildman–Crippen MR) is 85.5 cm³/mol. The summed E-state index contributed by atoms with van der Waals surface area (Å²) < 4.78 is 5.33.